The van der Waals surface area contributed by atoms with Crippen molar-refractivity contribution in [3.63, 3.8) is 0 Å². The molecular weight excluding hydrogens is 408 g/mol. The fraction of sp³-hybridized carbons (Fsp3) is 0.310. The number of nitrogens with one attached hydrogen (secondary N) is 2. The molecule has 4 nitrogen and oxygen atoms in total. The zero-order valence-electron chi connectivity index (χ0n) is 20.4. The van der Waals surface area contributed by atoms with Crippen LogP contribution in [0.15, 0.2) is 85.1 Å². The fourth-order valence-corrected chi connectivity index (χ4v) is 4.22. The van der Waals surface area contributed by atoms with Crippen LogP contribution in [-0.4, -0.2) is 21.3 Å². The van der Waals surface area contributed by atoms with Crippen molar-refractivity contribution in [3.05, 3.63) is 107 Å². The molecule has 0 bridgehead atoms. The number of aryl methyl sites for hydroxylation is 1. The number of hydrogen-bond donors (Lipinski definition) is 2. The molecule has 0 amide bonds. The Bertz CT molecular complexity index is 1030. The van der Waals surface area contributed by atoms with Gasteiger partial charge in [0.1, 0.15) is 0 Å². The van der Waals surface area contributed by atoms with Crippen LogP contribution in [0.2, 0.25) is 0 Å². The van der Waals surface area contributed by atoms with Crippen LogP contribution in [0.3, 0.4) is 0 Å². The molecule has 0 radical (unpaired) electrons. The second kappa shape index (κ2) is 11.6. The maximum Gasteiger partial charge on any atom is 0.161 e. The lowest BCUT2D eigenvalue weighted by Crippen LogP contribution is -2.35. The van der Waals surface area contributed by atoms with Gasteiger partial charge in [0.05, 0.1) is 20.3 Å². The molecule has 3 rings (SSSR count). The normalized spacial score (nSPS) is 13.6. The van der Waals surface area contributed by atoms with Crippen molar-refractivity contribution in [1.82, 2.24) is 10.6 Å². The summed E-state index contributed by atoms with van der Waals surface area (Å²) in [6.45, 7) is 8.70. The second-order valence-electron chi connectivity index (χ2n) is 8.54. The highest BCUT2D eigenvalue weighted by Crippen LogP contribution is 2.35. The van der Waals surface area contributed by atoms with Gasteiger partial charge in [0, 0.05) is 18.8 Å². The van der Waals surface area contributed by atoms with Gasteiger partial charge in [-0.05, 0) is 48.1 Å². The Morgan fingerprint density at radius 3 is 2.15 bits per heavy atom. The van der Waals surface area contributed by atoms with E-state index in [4.69, 9.17) is 9.47 Å². The summed E-state index contributed by atoms with van der Waals surface area (Å²) in [7, 11) is 5.26. The van der Waals surface area contributed by atoms with E-state index in [1.165, 1.54) is 16.7 Å². The van der Waals surface area contributed by atoms with Crippen molar-refractivity contribution < 1.29 is 9.47 Å². The number of benzene rings is 3. The molecule has 33 heavy (non-hydrogen) atoms. The Morgan fingerprint density at radius 2 is 1.55 bits per heavy atom. The molecule has 2 N–H and O–H groups in total. The van der Waals surface area contributed by atoms with E-state index < -0.39 is 0 Å². The van der Waals surface area contributed by atoms with Crippen LogP contribution in [0, 0.1) is 12.8 Å². The van der Waals surface area contributed by atoms with Crippen molar-refractivity contribution in [1.29, 1.82) is 0 Å². The summed E-state index contributed by atoms with van der Waals surface area (Å²) in [5.41, 5.74) is 5.84. The van der Waals surface area contributed by atoms with Crippen LogP contribution < -0.4 is 20.1 Å². The van der Waals surface area contributed by atoms with Gasteiger partial charge in [-0.3, -0.25) is 5.32 Å². The average Bonchev–Trinajstić information content (AvgIpc) is 2.85. The maximum atomic E-state index is 5.61. The first kappa shape index (κ1) is 24.4. The molecule has 0 fully saturated rings. The molecule has 4 heteroatoms. The number of rotatable bonds is 11. The topological polar surface area (TPSA) is 42.5 Å². The minimum absolute atomic E-state index is 0.0465. The van der Waals surface area contributed by atoms with Gasteiger partial charge in [0.2, 0.25) is 0 Å². The zero-order valence-corrected chi connectivity index (χ0v) is 20.4. The van der Waals surface area contributed by atoms with Crippen LogP contribution in [0.5, 0.6) is 11.5 Å². The lowest BCUT2D eigenvalue weighted by Gasteiger charge is -2.32. The highest BCUT2D eigenvalue weighted by Gasteiger charge is 2.26. The molecule has 0 spiro atoms. The van der Waals surface area contributed by atoms with Crippen LogP contribution in [-0.2, 0) is 6.42 Å². The van der Waals surface area contributed by atoms with Crippen LogP contribution in [0.25, 0.3) is 0 Å². The molecule has 0 heterocycles. The molecule has 0 aliphatic rings. The van der Waals surface area contributed by atoms with Crippen LogP contribution in [0.4, 0.5) is 0 Å². The SMILES string of the molecule is C=C(NC)C(N[C@@H](c1ccc(OC)c(OC)c1)C(C)Cc1ccc(C)cc1)c1ccccc1. The van der Waals surface area contributed by atoms with Gasteiger partial charge in [-0.1, -0.05) is 79.7 Å². The predicted octanol–water partition coefficient (Wildman–Crippen LogP) is 6.00. The van der Waals surface area contributed by atoms with Gasteiger partial charge in [0.25, 0.3) is 0 Å². The third-order valence-corrected chi connectivity index (χ3v) is 6.16. The molecule has 174 valence electrons. The minimum atomic E-state index is -0.0465. The molecular formula is C29H36N2O2. The van der Waals surface area contributed by atoms with Gasteiger partial charge in [-0.2, -0.15) is 0 Å². The Kier molecular flexibility index (Phi) is 8.56. The highest BCUT2D eigenvalue weighted by molar-refractivity contribution is 5.44. The molecule has 0 saturated carbocycles. The molecule has 2 unspecified atom stereocenters. The largest absolute Gasteiger partial charge is 0.493 e. The number of likely N-dealkylation sites (N-methyl/N-ethyl adjacent to an activating group) is 1. The number of methoxy groups -OCH3 is 2. The first-order valence-electron chi connectivity index (χ1n) is 11.4. The molecule has 3 atom stereocenters. The van der Waals surface area contributed by atoms with E-state index >= 15 is 0 Å². The number of hydrogen-bond acceptors (Lipinski definition) is 4. The van der Waals surface area contributed by atoms with E-state index in [1.54, 1.807) is 14.2 Å². The van der Waals surface area contributed by atoms with Crippen molar-refractivity contribution in [2.75, 3.05) is 21.3 Å². The van der Waals surface area contributed by atoms with E-state index in [9.17, 15) is 0 Å². The lowest BCUT2D eigenvalue weighted by atomic mass is 9.87. The van der Waals surface area contributed by atoms with Crippen molar-refractivity contribution in [2.45, 2.75) is 32.4 Å². The summed E-state index contributed by atoms with van der Waals surface area (Å²) in [5, 5.41) is 7.15. The molecule has 3 aromatic carbocycles. The molecule has 0 aromatic heterocycles. The Balaban J connectivity index is 1.99. The standard InChI is InChI=1S/C29H36N2O2/c1-20-12-14-23(15-13-20)18-21(2)28(25-16-17-26(32-5)27(19-25)33-6)31-29(22(3)30-4)24-10-8-7-9-11-24/h7-17,19,21,28-31H,3,18H2,1-2,4-6H3/t21?,28-,29?/m1/s1. The van der Waals surface area contributed by atoms with E-state index in [0.717, 1.165) is 29.2 Å². The average molecular weight is 445 g/mol. The monoisotopic (exact) mass is 444 g/mol. The second-order valence-corrected chi connectivity index (χ2v) is 8.54. The van der Waals surface area contributed by atoms with Crippen LogP contribution in [0.1, 0.15) is 41.3 Å². The van der Waals surface area contributed by atoms with E-state index in [1.807, 2.05) is 19.2 Å². The molecule has 0 aliphatic heterocycles. The van der Waals surface area contributed by atoms with Gasteiger partial charge in [0.15, 0.2) is 11.5 Å². The quantitative estimate of drug-likeness (QED) is 0.381. The van der Waals surface area contributed by atoms with Crippen molar-refractivity contribution in [3.8, 4) is 11.5 Å². The Morgan fingerprint density at radius 1 is 0.879 bits per heavy atom. The summed E-state index contributed by atoms with van der Waals surface area (Å²) in [6, 6.07) is 25.4. The van der Waals surface area contributed by atoms with Gasteiger partial charge < -0.3 is 14.8 Å². The maximum absolute atomic E-state index is 5.61. The summed E-state index contributed by atoms with van der Waals surface area (Å²) in [4.78, 5) is 0. The third kappa shape index (κ3) is 6.17. The zero-order chi connectivity index (χ0) is 23.8. The Hall–Kier alpha value is -3.24. The summed E-state index contributed by atoms with van der Waals surface area (Å²) >= 11 is 0. The summed E-state index contributed by atoms with van der Waals surface area (Å²) in [5.74, 6) is 1.76. The third-order valence-electron chi connectivity index (χ3n) is 6.16. The smallest absolute Gasteiger partial charge is 0.161 e. The summed E-state index contributed by atoms with van der Waals surface area (Å²) < 4.78 is 11.1. The minimum Gasteiger partial charge on any atom is -0.493 e. The Labute approximate surface area is 198 Å². The highest BCUT2D eigenvalue weighted by atomic mass is 16.5. The van der Waals surface area contributed by atoms with E-state index in [-0.39, 0.29) is 12.1 Å². The lowest BCUT2D eigenvalue weighted by molar-refractivity contribution is 0.342. The van der Waals surface area contributed by atoms with Gasteiger partial charge >= 0.3 is 0 Å². The molecule has 0 saturated heterocycles. The molecule has 0 aliphatic carbocycles. The van der Waals surface area contributed by atoms with E-state index in [2.05, 4.69) is 91.7 Å². The van der Waals surface area contributed by atoms with E-state index in [0.29, 0.717) is 5.92 Å². The first-order chi connectivity index (χ1) is 16.0. The predicted molar refractivity (Wildman–Crippen MR) is 137 cm³/mol. The van der Waals surface area contributed by atoms with Gasteiger partial charge in [-0.25, -0.2) is 0 Å². The molecule has 3 aromatic rings. The van der Waals surface area contributed by atoms with Crippen molar-refractivity contribution >= 4 is 0 Å². The first-order valence-corrected chi connectivity index (χ1v) is 11.4. The van der Waals surface area contributed by atoms with Gasteiger partial charge in [-0.15, -0.1) is 0 Å². The fourth-order valence-electron chi connectivity index (χ4n) is 4.22. The summed E-state index contributed by atoms with van der Waals surface area (Å²) in [6.07, 6.45) is 0.944. The number of ether oxygens (including phenoxy) is 2. The van der Waals surface area contributed by atoms with Crippen LogP contribution >= 0.6 is 0 Å². The van der Waals surface area contributed by atoms with Crippen molar-refractivity contribution in [2.24, 2.45) is 5.92 Å².